The van der Waals surface area contributed by atoms with E-state index in [1.165, 1.54) is 49.7 Å². The summed E-state index contributed by atoms with van der Waals surface area (Å²) in [5.41, 5.74) is 3.04. The summed E-state index contributed by atoms with van der Waals surface area (Å²) in [5, 5.41) is 0. The van der Waals surface area contributed by atoms with Gasteiger partial charge < -0.3 is 0 Å². The molecule has 19 heavy (non-hydrogen) atoms. The van der Waals surface area contributed by atoms with Gasteiger partial charge in [0, 0.05) is 17.8 Å². The van der Waals surface area contributed by atoms with E-state index in [-0.39, 0.29) is 11.3 Å². The second kappa shape index (κ2) is 5.11. The van der Waals surface area contributed by atoms with Crippen molar-refractivity contribution in [3.8, 4) is 0 Å². The van der Waals surface area contributed by atoms with Gasteiger partial charge in [-0.3, -0.25) is 4.79 Å². The lowest BCUT2D eigenvalue weighted by Crippen LogP contribution is -2.43. The van der Waals surface area contributed by atoms with Crippen molar-refractivity contribution in [2.75, 3.05) is 0 Å². The zero-order valence-electron chi connectivity index (χ0n) is 12.0. The van der Waals surface area contributed by atoms with E-state index in [2.05, 4.69) is 31.2 Å². The van der Waals surface area contributed by atoms with Gasteiger partial charge in [-0.05, 0) is 30.4 Å². The molecule has 0 N–H and O–H groups in total. The molecule has 0 saturated heterocycles. The molecule has 1 saturated carbocycles. The molecule has 2 unspecified atom stereocenters. The average Bonchev–Trinajstić information content (AvgIpc) is 2.44. The smallest absolute Gasteiger partial charge is 0.141 e. The van der Waals surface area contributed by atoms with Crippen molar-refractivity contribution in [1.82, 2.24) is 0 Å². The molecule has 3 aliphatic carbocycles. The van der Waals surface area contributed by atoms with Crippen LogP contribution in [0.15, 0.2) is 24.3 Å². The number of fused-ring (bicyclic) bond motifs is 2. The van der Waals surface area contributed by atoms with Crippen LogP contribution in [0.3, 0.4) is 0 Å². The van der Waals surface area contributed by atoms with E-state index in [1.54, 1.807) is 0 Å². The number of carbonyl (C=O) groups is 1. The van der Waals surface area contributed by atoms with E-state index >= 15 is 0 Å². The third kappa shape index (κ3) is 2.13. The lowest BCUT2D eigenvalue weighted by atomic mass is 9.56. The molecule has 1 aromatic rings. The van der Waals surface area contributed by atoms with Crippen LogP contribution < -0.4 is 0 Å². The molecule has 0 radical (unpaired) electrons. The number of rotatable bonds is 5. The van der Waals surface area contributed by atoms with Crippen LogP contribution in [0.5, 0.6) is 0 Å². The number of hydrogen-bond acceptors (Lipinski definition) is 1. The Balaban J connectivity index is 1.86. The van der Waals surface area contributed by atoms with Gasteiger partial charge in [0.1, 0.15) is 5.78 Å². The predicted molar refractivity (Wildman–Crippen MR) is 78.5 cm³/mol. The summed E-state index contributed by atoms with van der Waals surface area (Å²) >= 11 is 0. The fourth-order valence-electron chi connectivity index (χ4n) is 4.21. The number of unbranched alkanes of at least 4 members (excludes halogenated alkanes) is 3. The number of Topliss-reactive ketones (excluding diaryl/α,β-unsaturated/α-hetero) is 1. The fourth-order valence-corrected chi connectivity index (χ4v) is 4.21. The monoisotopic (exact) mass is 256 g/mol. The molecule has 0 amide bonds. The molecule has 0 aromatic heterocycles. The van der Waals surface area contributed by atoms with E-state index in [4.69, 9.17) is 0 Å². The standard InChI is InChI=1S/C18H24O/c1-2-3-4-7-11-18-12-10-15(17(19)13-18)14-8-5-6-9-16(14)18/h5-6,8-9,15H,2-4,7,10-13H2,1H3. The Morgan fingerprint density at radius 3 is 2.84 bits per heavy atom. The largest absolute Gasteiger partial charge is 0.299 e. The van der Waals surface area contributed by atoms with Crippen molar-refractivity contribution < 1.29 is 4.79 Å². The van der Waals surface area contributed by atoms with Gasteiger partial charge in [-0.25, -0.2) is 0 Å². The van der Waals surface area contributed by atoms with Gasteiger partial charge in [0.2, 0.25) is 0 Å². The maximum atomic E-state index is 12.3. The Hall–Kier alpha value is -1.11. The SMILES string of the molecule is CCCCCCC12CCC(C(=O)C1)c1ccccc12. The van der Waals surface area contributed by atoms with E-state index in [0.29, 0.717) is 5.78 Å². The third-order valence-corrected chi connectivity index (χ3v) is 5.23. The van der Waals surface area contributed by atoms with Gasteiger partial charge in [-0.1, -0.05) is 56.9 Å². The number of ketones is 1. The quantitative estimate of drug-likeness (QED) is 0.695. The predicted octanol–water partition coefficient (Wildman–Crippen LogP) is 4.75. The van der Waals surface area contributed by atoms with E-state index < -0.39 is 0 Å². The molecule has 4 rings (SSSR count). The van der Waals surface area contributed by atoms with Crippen molar-refractivity contribution >= 4 is 5.78 Å². The zero-order valence-corrected chi connectivity index (χ0v) is 12.0. The second-order valence-corrected chi connectivity index (χ2v) is 6.41. The molecule has 1 aromatic carbocycles. The van der Waals surface area contributed by atoms with Crippen LogP contribution in [0.4, 0.5) is 0 Å². The Morgan fingerprint density at radius 1 is 1.21 bits per heavy atom. The first-order chi connectivity index (χ1) is 9.27. The third-order valence-electron chi connectivity index (χ3n) is 5.23. The molecule has 0 aliphatic heterocycles. The number of carbonyl (C=O) groups excluding carboxylic acids is 1. The highest BCUT2D eigenvalue weighted by Crippen LogP contribution is 2.53. The van der Waals surface area contributed by atoms with E-state index in [0.717, 1.165) is 12.8 Å². The molecule has 3 aliphatic rings. The van der Waals surface area contributed by atoms with Gasteiger partial charge in [-0.2, -0.15) is 0 Å². The van der Waals surface area contributed by atoms with Gasteiger partial charge in [-0.15, -0.1) is 0 Å². The van der Waals surface area contributed by atoms with Gasteiger partial charge >= 0.3 is 0 Å². The molecule has 0 spiro atoms. The highest BCUT2D eigenvalue weighted by Gasteiger charge is 2.48. The summed E-state index contributed by atoms with van der Waals surface area (Å²) in [6.45, 7) is 2.25. The average molecular weight is 256 g/mol. The summed E-state index contributed by atoms with van der Waals surface area (Å²) in [5.74, 6) is 0.717. The number of hydrogen-bond donors (Lipinski definition) is 0. The Kier molecular flexibility index (Phi) is 3.47. The van der Waals surface area contributed by atoms with Crippen LogP contribution in [0.25, 0.3) is 0 Å². The van der Waals surface area contributed by atoms with Gasteiger partial charge in [0.15, 0.2) is 0 Å². The van der Waals surface area contributed by atoms with Crippen LogP contribution in [-0.4, -0.2) is 5.78 Å². The zero-order chi connectivity index (χ0) is 13.3. The summed E-state index contributed by atoms with van der Waals surface area (Å²) in [6, 6.07) is 8.72. The molecule has 2 atom stereocenters. The summed E-state index contributed by atoms with van der Waals surface area (Å²) in [7, 11) is 0. The maximum absolute atomic E-state index is 12.3. The Bertz CT molecular complexity index is 476. The summed E-state index contributed by atoms with van der Waals surface area (Å²) in [4.78, 5) is 12.3. The minimum absolute atomic E-state index is 0.191. The first-order valence-corrected chi connectivity index (χ1v) is 7.89. The van der Waals surface area contributed by atoms with Crippen LogP contribution >= 0.6 is 0 Å². The van der Waals surface area contributed by atoms with Crippen molar-refractivity contribution in [3.05, 3.63) is 35.4 Å². The highest BCUT2D eigenvalue weighted by atomic mass is 16.1. The van der Waals surface area contributed by atoms with Crippen molar-refractivity contribution in [2.45, 2.75) is 69.6 Å². The molecular formula is C18H24O. The van der Waals surface area contributed by atoms with E-state index in [1.807, 2.05) is 0 Å². The molecular weight excluding hydrogens is 232 g/mol. The van der Waals surface area contributed by atoms with Crippen LogP contribution in [0, 0.1) is 0 Å². The van der Waals surface area contributed by atoms with Crippen LogP contribution in [0.2, 0.25) is 0 Å². The van der Waals surface area contributed by atoms with Crippen LogP contribution in [0.1, 0.15) is 75.3 Å². The molecule has 1 heteroatoms. The van der Waals surface area contributed by atoms with E-state index in [9.17, 15) is 4.79 Å². The normalized spacial score (nSPS) is 28.5. The topological polar surface area (TPSA) is 17.1 Å². The number of benzene rings is 1. The second-order valence-electron chi connectivity index (χ2n) is 6.41. The molecule has 102 valence electrons. The maximum Gasteiger partial charge on any atom is 0.141 e. The molecule has 2 bridgehead atoms. The summed E-state index contributed by atoms with van der Waals surface area (Å²) < 4.78 is 0. The van der Waals surface area contributed by atoms with Gasteiger partial charge in [0.05, 0.1) is 0 Å². The fraction of sp³-hybridized carbons (Fsp3) is 0.611. The summed E-state index contributed by atoms with van der Waals surface area (Å²) in [6.07, 6.45) is 9.54. The lowest BCUT2D eigenvalue weighted by Gasteiger charge is -2.47. The molecule has 1 fully saturated rings. The van der Waals surface area contributed by atoms with Crippen LogP contribution in [-0.2, 0) is 10.2 Å². The Morgan fingerprint density at radius 2 is 2.05 bits per heavy atom. The highest BCUT2D eigenvalue weighted by molar-refractivity contribution is 5.90. The first-order valence-electron chi connectivity index (χ1n) is 7.89. The molecule has 0 heterocycles. The van der Waals surface area contributed by atoms with Crippen molar-refractivity contribution in [1.29, 1.82) is 0 Å². The van der Waals surface area contributed by atoms with Crippen molar-refractivity contribution in [2.24, 2.45) is 0 Å². The molecule has 1 nitrogen and oxygen atoms in total. The van der Waals surface area contributed by atoms with Crippen molar-refractivity contribution in [3.63, 3.8) is 0 Å². The van der Waals surface area contributed by atoms with Gasteiger partial charge in [0.25, 0.3) is 0 Å². The first kappa shape index (κ1) is 12.9. The minimum Gasteiger partial charge on any atom is -0.299 e. The minimum atomic E-state index is 0.191. The lowest BCUT2D eigenvalue weighted by molar-refractivity contribution is -0.125. The Labute approximate surface area is 116 Å².